The van der Waals surface area contributed by atoms with E-state index in [-0.39, 0.29) is 0 Å². The molecule has 0 radical (unpaired) electrons. The average molecular weight is 256 g/mol. The first-order valence-corrected chi connectivity index (χ1v) is 7.61. The highest BCUT2D eigenvalue weighted by Crippen LogP contribution is 2.29. The molecule has 0 heterocycles. The Balaban J connectivity index is 3.18. The van der Waals surface area contributed by atoms with Crippen LogP contribution in [0.1, 0.15) is 11.1 Å². The molecule has 0 N–H and O–H groups in total. The molecule has 0 aromatic heterocycles. The Morgan fingerprint density at radius 2 is 2.19 bits per heavy atom. The summed E-state index contributed by atoms with van der Waals surface area (Å²) in [5.74, 6) is 0.847. The van der Waals surface area contributed by atoms with E-state index in [4.69, 9.17) is 4.74 Å². The third-order valence-corrected chi connectivity index (χ3v) is 4.61. The summed E-state index contributed by atoms with van der Waals surface area (Å²) >= 11 is 0.551. The molecule has 0 aliphatic rings. The fourth-order valence-corrected chi connectivity index (χ4v) is 2.93. The average Bonchev–Trinajstić information content (AvgIpc) is 2.25. The molecule has 1 unspecified atom stereocenters. The van der Waals surface area contributed by atoms with Crippen LogP contribution in [0.25, 0.3) is 6.08 Å². The van der Waals surface area contributed by atoms with Gasteiger partial charge in [0.15, 0.2) is 4.24 Å². The molecule has 16 heavy (non-hydrogen) atoms. The van der Waals surface area contributed by atoms with Crippen LogP contribution in [0.5, 0.6) is 5.75 Å². The zero-order valence-corrected chi connectivity index (χ0v) is 11.6. The molecule has 1 aromatic rings. The second-order valence-electron chi connectivity index (χ2n) is 3.32. The van der Waals surface area contributed by atoms with Crippen molar-refractivity contribution in [2.24, 2.45) is 0 Å². The zero-order valence-electron chi connectivity index (χ0n) is 9.94. The lowest BCUT2D eigenvalue weighted by Gasteiger charge is -2.10. The van der Waals surface area contributed by atoms with Gasteiger partial charge in [0, 0.05) is 11.6 Å². The third-order valence-electron chi connectivity index (χ3n) is 2.20. The minimum Gasteiger partial charge on any atom is -0.611 e. The monoisotopic (exact) mass is 256 g/mol. The molecule has 0 saturated carbocycles. The highest BCUT2D eigenvalue weighted by molar-refractivity contribution is 8.18. The molecule has 0 amide bonds. The van der Waals surface area contributed by atoms with Crippen molar-refractivity contribution in [3.8, 4) is 5.75 Å². The van der Waals surface area contributed by atoms with Gasteiger partial charge in [0.25, 0.3) is 0 Å². The van der Waals surface area contributed by atoms with Gasteiger partial charge in [0.2, 0.25) is 0 Å². The lowest BCUT2D eigenvalue weighted by molar-refractivity contribution is 0.411. The van der Waals surface area contributed by atoms with Crippen molar-refractivity contribution in [1.82, 2.24) is 0 Å². The summed E-state index contributed by atoms with van der Waals surface area (Å²) in [4.78, 5) is 0. The molecular formula is C12H16O2S2. The summed E-state index contributed by atoms with van der Waals surface area (Å²) in [5, 5.41) is 0. The number of benzene rings is 1. The molecule has 0 fully saturated rings. The molecule has 0 bridgehead atoms. The maximum absolute atomic E-state index is 11.4. The number of hydrogen-bond acceptors (Lipinski definition) is 3. The van der Waals surface area contributed by atoms with E-state index < -0.39 is 11.2 Å². The number of rotatable bonds is 4. The number of methoxy groups -OCH3 is 1. The van der Waals surface area contributed by atoms with Crippen LogP contribution in [0.2, 0.25) is 0 Å². The van der Waals surface area contributed by atoms with Crippen molar-refractivity contribution < 1.29 is 9.29 Å². The Labute approximate surface area is 104 Å². The first kappa shape index (κ1) is 13.5. The van der Waals surface area contributed by atoms with E-state index in [2.05, 4.69) is 0 Å². The smallest absolute Gasteiger partial charge is 0.186 e. The van der Waals surface area contributed by atoms with Crippen molar-refractivity contribution in [3.63, 3.8) is 0 Å². The highest BCUT2D eigenvalue weighted by atomic mass is 32.3. The largest absolute Gasteiger partial charge is 0.611 e. The SMILES string of the molecule is COc1c(C)cccc1C=C(SC)[S+](C)[O-]. The van der Waals surface area contributed by atoms with Crippen molar-refractivity contribution in [2.45, 2.75) is 6.92 Å². The van der Waals surface area contributed by atoms with E-state index in [0.717, 1.165) is 21.1 Å². The van der Waals surface area contributed by atoms with Crippen LogP contribution in [-0.2, 0) is 11.2 Å². The molecular weight excluding hydrogens is 240 g/mol. The summed E-state index contributed by atoms with van der Waals surface area (Å²) in [7, 11) is 1.65. The summed E-state index contributed by atoms with van der Waals surface area (Å²) in [6.45, 7) is 2.00. The number of ether oxygens (including phenoxy) is 1. The second kappa shape index (κ2) is 6.23. The van der Waals surface area contributed by atoms with Gasteiger partial charge < -0.3 is 9.29 Å². The van der Waals surface area contributed by atoms with Crippen LogP contribution >= 0.6 is 11.8 Å². The summed E-state index contributed by atoms with van der Waals surface area (Å²) in [6, 6.07) is 5.94. The molecule has 2 nitrogen and oxygen atoms in total. The maximum Gasteiger partial charge on any atom is 0.186 e. The predicted octanol–water partition coefficient (Wildman–Crippen LogP) is 3.04. The normalized spacial score (nSPS) is 13.7. The van der Waals surface area contributed by atoms with Crippen LogP contribution in [0.3, 0.4) is 0 Å². The number of aryl methyl sites for hydroxylation is 1. The summed E-state index contributed by atoms with van der Waals surface area (Å²) in [5.41, 5.74) is 2.06. The molecule has 4 heteroatoms. The molecule has 88 valence electrons. The van der Waals surface area contributed by atoms with Crippen LogP contribution < -0.4 is 4.74 Å². The molecule has 1 aromatic carbocycles. The lowest BCUT2D eigenvalue weighted by Crippen LogP contribution is -1.98. The number of para-hydroxylation sites is 1. The molecule has 0 spiro atoms. The zero-order chi connectivity index (χ0) is 12.1. The quantitative estimate of drug-likeness (QED) is 0.776. The van der Waals surface area contributed by atoms with E-state index in [9.17, 15) is 4.55 Å². The molecule has 0 aliphatic heterocycles. The molecule has 1 atom stereocenters. The minimum absolute atomic E-state index is 0.847. The van der Waals surface area contributed by atoms with Gasteiger partial charge in [-0.2, -0.15) is 0 Å². The lowest BCUT2D eigenvalue weighted by atomic mass is 10.1. The van der Waals surface area contributed by atoms with E-state index in [1.807, 2.05) is 37.5 Å². The van der Waals surface area contributed by atoms with E-state index in [1.165, 1.54) is 11.8 Å². The van der Waals surface area contributed by atoms with E-state index >= 15 is 0 Å². The highest BCUT2D eigenvalue weighted by Gasteiger charge is 2.10. The van der Waals surface area contributed by atoms with Gasteiger partial charge in [0.1, 0.15) is 12.0 Å². The first-order chi connectivity index (χ1) is 7.60. The Bertz CT molecular complexity index is 387. The van der Waals surface area contributed by atoms with Gasteiger partial charge in [-0.05, 0) is 29.9 Å². The summed E-state index contributed by atoms with van der Waals surface area (Å²) in [6.07, 6.45) is 5.53. The standard InChI is InChI=1S/C12H16O2S2/c1-9-6-5-7-10(12(9)14-2)8-11(15-3)16(4)13/h5-8H,1-4H3. The molecule has 0 aliphatic carbocycles. The number of thioether (sulfide) groups is 1. The topological polar surface area (TPSA) is 32.3 Å². The van der Waals surface area contributed by atoms with Gasteiger partial charge in [-0.25, -0.2) is 0 Å². The van der Waals surface area contributed by atoms with Gasteiger partial charge in [-0.15, -0.1) is 0 Å². The molecule has 0 saturated heterocycles. The molecule has 1 rings (SSSR count). The maximum atomic E-state index is 11.4. The van der Waals surface area contributed by atoms with Crippen LogP contribution in [0.4, 0.5) is 0 Å². The van der Waals surface area contributed by atoms with Crippen molar-refractivity contribution in [2.75, 3.05) is 19.6 Å². The first-order valence-electron chi connectivity index (χ1n) is 4.83. The van der Waals surface area contributed by atoms with Crippen molar-refractivity contribution >= 4 is 29.0 Å². The fraction of sp³-hybridized carbons (Fsp3) is 0.333. The van der Waals surface area contributed by atoms with Crippen molar-refractivity contribution in [3.05, 3.63) is 33.6 Å². The van der Waals surface area contributed by atoms with E-state index in [0.29, 0.717) is 0 Å². The number of hydrogen-bond donors (Lipinski definition) is 0. The van der Waals surface area contributed by atoms with Crippen LogP contribution in [0.15, 0.2) is 22.4 Å². The Kier molecular flexibility index (Phi) is 5.25. The Hall–Kier alpha value is -0.580. The summed E-state index contributed by atoms with van der Waals surface area (Å²) < 4.78 is 17.6. The Morgan fingerprint density at radius 1 is 1.50 bits per heavy atom. The van der Waals surface area contributed by atoms with Gasteiger partial charge in [-0.1, -0.05) is 30.0 Å². The second-order valence-corrected chi connectivity index (χ2v) is 5.77. The van der Waals surface area contributed by atoms with Crippen molar-refractivity contribution in [1.29, 1.82) is 0 Å². The minimum atomic E-state index is -0.952. The van der Waals surface area contributed by atoms with Gasteiger partial charge in [0.05, 0.1) is 7.11 Å². The van der Waals surface area contributed by atoms with Gasteiger partial charge in [-0.3, -0.25) is 0 Å². The van der Waals surface area contributed by atoms with Gasteiger partial charge >= 0.3 is 0 Å². The predicted molar refractivity (Wildman–Crippen MR) is 73.3 cm³/mol. The third kappa shape index (κ3) is 3.20. The van der Waals surface area contributed by atoms with E-state index in [1.54, 1.807) is 13.4 Å². The Morgan fingerprint density at radius 3 is 2.69 bits per heavy atom. The van der Waals surface area contributed by atoms with Crippen LogP contribution in [0, 0.1) is 6.92 Å². The fourth-order valence-electron chi connectivity index (χ4n) is 1.45. The van der Waals surface area contributed by atoms with Crippen LogP contribution in [-0.4, -0.2) is 24.2 Å².